The van der Waals surface area contributed by atoms with Crippen LogP contribution in [-0.4, -0.2) is 27.8 Å². The standard InChI is InChI=1S/C19H20N4O2/c1-13(18-22-20-12-23(18)2)21-19(24)15-9-10-17(25-3)16(11-15)14-7-5-4-6-8-14/h4-13H,1-3H3,(H,21,24)/t13-/m0/s1. The molecule has 6 nitrogen and oxygen atoms in total. The van der Waals surface area contributed by atoms with Crippen LogP contribution in [0.1, 0.15) is 29.1 Å². The molecule has 0 saturated heterocycles. The monoisotopic (exact) mass is 336 g/mol. The predicted octanol–water partition coefficient (Wildman–Crippen LogP) is 2.98. The lowest BCUT2D eigenvalue weighted by molar-refractivity contribution is 0.0938. The summed E-state index contributed by atoms with van der Waals surface area (Å²) in [5.41, 5.74) is 2.44. The van der Waals surface area contributed by atoms with Crippen LogP contribution in [0.15, 0.2) is 54.9 Å². The highest BCUT2D eigenvalue weighted by Crippen LogP contribution is 2.30. The Morgan fingerprint density at radius 1 is 1.20 bits per heavy atom. The van der Waals surface area contributed by atoms with Crippen molar-refractivity contribution in [1.29, 1.82) is 0 Å². The third-order valence-electron chi connectivity index (χ3n) is 4.03. The smallest absolute Gasteiger partial charge is 0.251 e. The number of methoxy groups -OCH3 is 1. The molecule has 0 saturated carbocycles. The molecule has 0 aliphatic heterocycles. The second-order valence-corrected chi connectivity index (χ2v) is 5.78. The summed E-state index contributed by atoms with van der Waals surface area (Å²) in [6.45, 7) is 1.88. The summed E-state index contributed by atoms with van der Waals surface area (Å²) in [6.07, 6.45) is 1.61. The molecule has 1 aromatic heterocycles. The van der Waals surface area contributed by atoms with Gasteiger partial charge < -0.3 is 14.6 Å². The highest BCUT2D eigenvalue weighted by molar-refractivity contribution is 5.96. The summed E-state index contributed by atoms with van der Waals surface area (Å²) < 4.78 is 7.22. The van der Waals surface area contributed by atoms with Crippen LogP contribution < -0.4 is 10.1 Å². The fraction of sp³-hybridized carbons (Fsp3) is 0.211. The second kappa shape index (κ2) is 7.17. The van der Waals surface area contributed by atoms with Crippen LogP contribution in [0.4, 0.5) is 0 Å². The van der Waals surface area contributed by atoms with Crippen molar-refractivity contribution in [3.05, 3.63) is 66.2 Å². The zero-order valence-electron chi connectivity index (χ0n) is 14.4. The molecule has 0 unspecified atom stereocenters. The fourth-order valence-corrected chi connectivity index (χ4v) is 2.72. The van der Waals surface area contributed by atoms with Crippen LogP contribution in [-0.2, 0) is 7.05 Å². The second-order valence-electron chi connectivity index (χ2n) is 5.78. The van der Waals surface area contributed by atoms with Gasteiger partial charge >= 0.3 is 0 Å². The van der Waals surface area contributed by atoms with Gasteiger partial charge in [0.15, 0.2) is 5.82 Å². The van der Waals surface area contributed by atoms with E-state index in [4.69, 9.17) is 4.74 Å². The van der Waals surface area contributed by atoms with Crippen LogP contribution >= 0.6 is 0 Å². The summed E-state index contributed by atoms with van der Waals surface area (Å²) in [6, 6.07) is 15.0. The van der Waals surface area contributed by atoms with Crippen molar-refractivity contribution in [2.24, 2.45) is 7.05 Å². The number of ether oxygens (including phenoxy) is 1. The van der Waals surface area contributed by atoms with Gasteiger partial charge in [-0.2, -0.15) is 0 Å². The SMILES string of the molecule is COc1ccc(C(=O)N[C@@H](C)c2nncn2C)cc1-c1ccccc1. The maximum Gasteiger partial charge on any atom is 0.251 e. The average molecular weight is 336 g/mol. The Morgan fingerprint density at radius 3 is 2.60 bits per heavy atom. The molecule has 0 aliphatic rings. The van der Waals surface area contributed by atoms with Crippen LogP contribution in [0.3, 0.4) is 0 Å². The highest BCUT2D eigenvalue weighted by Gasteiger charge is 2.17. The molecule has 1 amide bonds. The molecule has 3 aromatic rings. The van der Waals surface area contributed by atoms with Crippen molar-refractivity contribution in [3.63, 3.8) is 0 Å². The predicted molar refractivity (Wildman–Crippen MR) is 95.3 cm³/mol. The van der Waals surface area contributed by atoms with E-state index >= 15 is 0 Å². The van der Waals surface area contributed by atoms with Gasteiger partial charge in [-0.25, -0.2) is 0 Å². The molecule has 0 radical (unpaired) electrons. The zero-order chi connectivity index (χ0) is 17.8. The third kappa shape index (κ3) is 3.52. The molecule has 1 heterocycles. The van der Waals surface area contributed by atoms with Gasteiger partial charge in [0.25, 0.3) is 5.91 Å². The van der Waals surface area contributed by atoms with Gasteiger partial charge in [0.05, 0.1) is 13.2 Å². The number of rotatable bonds is 5. The van der Waals surface area contributed by atoms with Crippen molar-refractivity contribution < 1.29 is 9.53 Å². The average Bonchev–Trinajstić information content (AvgIpc) is 3.08. The van der Waals surface area contributed by atoms with Crippen molar-refractivity contribution in [3.8, 4) is 16.9 Å². The largest absolute Gasteiger partial charge is 0.496 e. The van der Waals surface area contributed by atoms with Gasteiger partial charge in [-0.15, -0.1) is 10.2 Å². The van der Waals surface area contributed by atoms with E-state index in [9.17, 15) is 4.79 Å². The first-order chi connectivity index (χ1) is 12.1. The normalized spacial score (nSPS) is 11.8. The van der Waals surface area contributed by atoms with E-state index in [1.807, 2.05) is 56.4 Å². The first-order valence-corrected chi connectivity index (χ1v) is 7.98. The van der Waals surface area contributed by atoms with E-state index in [-0.39, 0.29) is 11.9 Å². The quantitative estimate of drug-likeness (QED) is 0.778. The number of aryl methyl sites for hydroxylation is 1. The number of amides is 1. The molecule has 25 heavy (non-hydrogen) atoms. The van der Waals surface area contributed by atoms with Crippen LogP contribution in [0.25, 0.3) is 11.1 Å². The first kappa shape index (κ1) is 16.7. The van der Waals surface area contributed by atoms with E-state index in [0.29, 0.717) is 11.4 Å². The number of benzene rings is 2. The minimum atomic E-state index is -0.248. The van der Waals surface area contributed by atoms with Crippen LogP contribution in [0.2, 0.25) is 0 Å². The van der Waals surface area contributed by atoms with Gasteiger partial charge in [0.1, 0.15) is 12.1 Å². The van der Waals surface area contributed by atoms with Gasteiger partial charge in [-0.05, 0) is 30.7 Å². The molecule has 2 aromatic carbocycles. The fourth-order valence-electron chi connectivity index (χ4n) is 2.72. The minimum Gasteiger partial charge on any atom is -0.496 e. The van der Waals surface area contributed by atoms with Gasteiger partial charge in [-0.3, -0.25) is 4.79 Å². The molecule has 128 valence electrons. The molecule has 0 bridgehead atoms. The number of hydrogen-bond donors (Lipinski definition) is 1. The summed E-state index contributed by atoms with van der Waals surface area (Å²) in [7, 11) is 3.47. The molecule has 3 rings (SSSR count). The lowest BCUT2D eigenvalue weighted by Gasteiger charge is -2.15. The number of hydrogen-bond acceptors (Lipinski definition) is 4. The maximum atomic E-state index is 12.6. The Morgan fingerprint density at radius 2 is 1.96 bits per heavy atom. The number of nitrogens with zero attached hydrogens (tertiary/aromatic N) is 3. The van der Waals surface area contributed by atoms with Gasteiger partial charge in [-0.1, -0.05) is 30.3 Å². The summed E-state index contributed by atoms with van der Waals surface area (Å²) in [4.78, 5) is 12.6. The maximum absolute atomic E-state index is 12.6. The van der Waals surface area contributed by atoms with Crippen molar-refractivity contribution in [2.75, 3.05) is 7.11 Å². The van der Waals surface area contributed by atoms with Crippen molar-refractivity contribution in [2.45, 2.75) is 13.0 Å². The van der Waals surface area contributed by atoms with E-state index in [2.05, 4.69) is 15.5 Å². The number of aromatic nitrogens is 3. The van der Waals surface area contributed by atoms with E-state index in [1.54, 1.807) is 24.1 Å². The number of nitrogens with one attached hydrogen (secondary N) is 1. The van der Waals surface area contributed by atoms with Crippen molar-refractivity contribution in [1.82, 2.24) is 20.1 Å². The molecule has 0 aliphatic carbocycles. The lowest BCUT2D eigenvalue weighted by atomic mass is 10.0. The molecule has 0 spiro atoms. The first-order valence-electron chi connectivity index (χ1n) is 7.98. The topological polar surface area (TPSA) is 69.0 Å². The van der Waals surface area contributed by atoms with Gasteiger partial charge in [0.2, 0.25) is 0 Å². The summed E-state index contributed by atoms with van der Waals surface area (Å²) in [5, 5.41) is 10.8. The number of carbonyl (C=O) groups is 1. The molecule has 1 N–H and O–H groups in total. The van der Waals surface area contributed by atoms with Gasteiger partial charge in [0, 0.05) is 18.2 Å². The van der Waals surface area contributed by atoms with E-state index in [1.165, 1.54) is 0 Å². The minimum absolute atomic E-state index is 0.171. The van der Waals surface area contributed by atoms with Crippen LogP contribution in [0, 0.1) is 0 Å². The lowest BCUT2D eigenvalue weighted by Crippen LogP contribution is -2.28. The Labute approximate surface area is 146 Å². The summed E-state index contributed by atoms with van der Waals surface area (Å²) >= 11 is 0. The van der Waals surface area contributed by atoms with Crippen molar-refractivity contribution >= 4 is 5.91 Å². The Kier molecular flexibility index (Phi) is 4.79. The number of carbonyl (C=O) groups excluding carboxylic acids is 1. The Balaban J connectivity index is 1.87. The molecular formula is C19H20N4O2. The van der Waals surface area contributed by atoms with Crippen LogP contribution in [0.5, 0.6) is 5.75 Å². The van der Waals surface area contributed by atoms with E-state index in [0.717, 1.165) is 16.9 Å². The molecule has 1 atom stereocenters. The summed E-state index contributed by atoms with van der Waals surface area (Å²) in [5.74, 6) is 1.25. The zero-order valence-corrected chi connectivity index (χ0v) is 14.4. The Bertz CT molecular complexity index is 874. The third-order valence-corrected chi connectivity index (χ3v) is 4.03. The molecular weight excluding hydrogens is 316 g/mol. The molecule has 0 fully saturated rings. The molecule has 6 heteroatoms. The highest BCUT2D eigenvalue weighted by atomic mass is 16.5. The Hall–Kier alpha value is -3.15. The van der Waals surface area contributed by atoms with E-state index < -0.39 is 0 Å².